The Labute approximate surface area is 153 Å². The Morgan fingerprint density at radius 2 is 1.62 bits per heavy atom. The lowest BCUT2D eigenvalue weighted by molar-refractivity contribution is 0.0767. The molecule has 2 heterocycles. The van der Waals surface area contributed by atoms with E-state index in [4.69, 9.17) is 5.73 Å². The molecule has 1 aliphatic heterocycles. The van der Waals surface area contributed by atoms with Crippen LogP contribution in [0.25, 0.3) is 10.4 Å². The molecule has 0 aliphatic carbocycles. The minimum atomic E-state index is -0.419. The molecule has 0 bridgehead atoms. The Morgan fingerprint density at radius 3 is 2.33 bits per heavy atom. The Hall–Kier alpha value is -1.86. The van der Waals surface area contributed by atoms with Gasteiger partial charge in [-0.05, 0) is 36.2 Å². The van der Waals surface area contributed by atoms with Gasteiger partial charge in [-0.25, -0.2) is 4.79 Å². The van der Waals surface area contributed by atoms with Gasteiger partial charge in [0.05, 0.1) is 4.88 Å². The van der Waals surface area contributed by atoms with Gasteiger partial charge in [0.15, 0.2) is 0 Å². The maximum Gasteiger partial charge on any atom is 0.314 e. The van der Waals surface area contributed by atoms with Crippen LogP contribution < -0.4 is 5.73 Å². The van der Waals surface area contributed by atoms with Crippen LogP contribution in [0.4, 0.5) is 4.79 Å². The first-order valence-corrected chi connectivity index (χ1v) is 9.35. The number of rotatable bonds is 2. The van der Waals surface area contributed by atoms with Crippen LogP contribution in [0.15, 0.2) is 40.9 Å². The molecule has 0 spiro atoms. The van der Waals surface area contributed by atoms with Crippen molar-refractivity contribution in [2.45, 2.75) is 6.42 Å². The van der Waals surface area contributed by atoms with E-state index < -0.39 is 6.03 Å². The molecule has 2 N–H and O–H groups in total. The lowest BCUT2D eigenvalue weighted by Crippen LogP contribution is -2.39. The average molecular weight is 408 g/mol. The van der Waals surface area contributed by atoms with E-state index >= 15 is 0 Å². The van der Waals surface area contributed by atoms with Crippen LogP contribution in [0, 0.1) is 0 Å². The molecular weight excluding hydrogens is 390 g/mol. The van der Waals surface area contributed by atoms with E-state index in [2.05, 4.69) is 15.9 Å². The van der Waals surface area contributed by atoms with Gasteiger partial charge in [-0.3, -0.25) is 4.79 Å². The van der Waals surface area contributed by atoms with Crippen molar-refractivity contribution in [3.8, 4) is 10.4 Å². The number of hydrogen-bond acceptors (Lipinski definition) is 3. The highest BCUT2D eigenvalue weighted by Crippen LogP contribution is 2.30. The Balaban J connectivity index is 1.71. The van der Waals surface area contributed by atoms with Crippen LogP contribution in [0.5, 0.6) is 0 Å². The van der Waals surface area contributed by atoms with Gasteiger partial charge in [0, 0.05) is 35.5 Å². The summed E-state index contributed by atoms with van der Waals surface area (Å²) in [6, 6.07) is 11.5. The van der Waals surface area contributed by atoms with E-state index in [0.717, 1.165) is 26.2 Å². The van der Waals surface area contributed by atoms with Crippen LogP contribution in [0.3, 0.4) is 0 Å². The van der Waals surface area contributed by atoms with E-state index in [1.165, 1.54) is 11.3 Å². The van der Waals surface area contributed by atoms with Gasteiger partial charge in [-0.2, -0.15) is 0 Å². The fourth-order valence-corrected chi connectivity index (χ4v) is 3.96. The summed E-state index contributed by atoms with van der Waals surface area (Å²) in [5.41, 5.74) is 6.43. The molecular formula is C17H18BrN3O2S. The van der Waals surface area contributed by atoms with E-state index in [-0.39, 0.29) is 5.91 Å². The summed E-state index contributed by atoms with van der Waals surface area (Å²) in [6.07, 6.45) is 0.750. The summed E-state index contributed by atoms with van der Waals surface area (Å²) in [5.74, 6) is 0.0229. The van der Waals surface area contributed by atoms with Crippen molar-refractivity contribution < 1.29 is 9.59 Å². The average Bonchev–Trinajstić information content (AvgIpc) is 2.92. The molecule has 24 heavy (non-hydrogen) atoms. The summed E-state index contributed by atoms with van der Waals surface area (Å²) in [6.45, 7) is 2.27. The highest BCUT2D eigenvalue weighted by atomic mass is 79.9. The van der Waals surface area contributed by atoms with Gasteiger partial charge in [0.1, 0.15) is 0 Å². The Kier molecular flexibility index (Phi) is 5.20. The number of halogens is 1. The molecule has 7 heteroatoms. The number of urea groups is 1. The van der Waals surface area contributed by atoms with Gasteiger partial charge in [0.2, 0.25) is 0 Å². The monoisotopic (exact) mass is 407 g/mol. The largest absolute Gasteiger partial charge is 0.351 e. The van der Waals surface area contributed by atoms with E-state index in [1.807, 2.05) is 36.4 Å². The molecule has 2 aromatic rings. The van der Waals surface area contributed by atoms with Crippen molar-refractivity contribution in [1.82, 2.24) is 9.80 Å². The molecule has 3 rings (SSSR count). The molecule has 126 valence electrons. The first-order valence-electron chi connectivity index (χ1n) is 7.74. The minimum Gasteiger partial charge on any atom is -0.351 e. The van der Waals surface area contributed by atoms with Gasteiger partial charge < -0.3 is 15.5 Å². The molecule has 1 aromatic carbocycles. The second-order valence-corrected chi connectivity index (χ2v) is 7.64. The second-order valence-electron chi connectivity index (χ2n) is 5.64. The molecule has 1 fully saturated rings. The molecule has 1 aromatic heterocycles. The quantitative estimate of drug-likeness (QED) is 0.828. The van der Waals surface area contributed by atoms with Gasteiger partial charge in [0.25, 0.3) is 5.91 Å². The predicted octanol–water partition coefficient (Wildman–Crippen LogP) is 3.40. The van der Waals surface area contributed by atoms with Crippen LogP contribution in [-0.2, 0) is 0 Å². The third-order valence-corrected chi connectivity index (χ3v) is 5.69. The number of benzene rings is 1. The highest BCUT2D eigenvalue weighted by Gasteiger charge is 2.22. The van der Waals surface area contributed by atoms with Gasteiger partial charge in [-0.15, -0.1) is 11.3 Å². The third-order valence-electron chi connectivity index (χ3n) is 4.04. The predicted molar refractivity (Wildman–Crippen MR) is 99.1 cm³/mol. The summed E-state index contributed by atoms with van der Waals surface area (Å²) in [5, 5.41) is 0. The Morgan fingerprint density at radius 1 is 0.958 bits per heavy atom. The van der Waals surface area contributed by atoms with E-state index in [9.17, 15) is 9.59 Å². The standard InChI is InChI=1S/C17H18BrN3O2S/c18-13-4-2-12(3-5-13)14-6-7-15(24-14)16(22)20-8-1-9-21(11-10-20)17(19)23/h2-7H,1,8-11H2,(H2,19,23). The summed E-state index contributed by atoms with van der Waals surface area (Å²) in [7, 11) is 0. The van der Waals surface area contributed by atoms with Crippen LogP contribution in [0.1, 0.15) is 16.1 Å². The van der Waals surface area contributed by atoms with E-state index in [0.29, 0.717) is 26.2 Å². The third kappa shape index (κ3) is 3.79. The highest BCUT2D eigenvalue weighted by molar-refractivity contribution is 9.10. The normalized spacial score (nSPS) is 15.2. The fraction of sp³-hybridized carbons (Fsp3) is 0.294. The minimum absolute atomic E-state index is 0.0229. The van der Waals surface area contributed by atoms with Crippen LogP contribution in [0.2, 0.25) is 0 Å². The Bertz CT molecular complexity index is 745. The molecule has 1 saturated heterocycles. The molecule has 0 unspecified atom stereocenters. The number of carbonyl (C=O) groups is 2. The molecule has 3 amide bonds. The smallest absolute Gasteiger partial charge is 0.314 e. The van der Waals surface area contributed by atoms with Crippen LogP contribution >= 0.6 is 27.3 Å². The number of nitrogens with zero attached hydrogens (tertiary/aromatic N) is 2. The zero-order valence-corrected chi connectivity index (χ0v) is 15.5. The fourth-order valence-electron chi connectivity index (χ4n) is 2.72. The van der Waals surface area contributed by atoms with Gasteiger partial charge >= 0.3 is 6.03 Å². The van der Waals surface area contributed by atoms with E-state index in [1.54, 1.807) is 9.80 Å². The summed E-state index contributed by atoms with van der Waals surface area (Å²) < 4.78 is 1.03. The molecule has 1 aliphatic rings. The molecule has 0 saturated carbocycles. The summed E-state index contributed by atoms with van der Waals surface area (Å²) in [4.78, 5) is 29.2. The van der Waals surface area contributed by atoms with Crippen molar-refractivity contribution in [3.63, 3.8) is 0 Å². The number of carbonyl (C=O) groups excluding carboxylic acids is 2. The summed E-state index contributed by atoms with van der Waals surface area (Å²) >= 11 is 4.92. The number of thiophene rings is 1. The lowest BCUT2D eigenvalue weighted by atomic mass is 10.2. The second kappa shape index (κ2) is 7.36. The number of hydrogen-bond donors (Lipinski definition) is 1. The molecule has 0 atom stereocenters. The number of primary amides is 1. The topological polar surface area (TPSA) is 66.6 Å². The van der Waals surface area contributed by atoms with Crippen molar-refractivity contribution >= 4 is 39.2 Å². The first-order chi connectivity index (χ1) is 11.5. The SMILES string of the molecule is NC(=O)N1CCCN(C(=O)c2ccc(-c3ccc(Br)cc3)s2)CC1. The zero-order chi connectivity index (χ0) is 17.1. The number of nitrogens with two attached hydrogens (primary N) is 1. The molecule has 0 radical (unpaired) electrons. The van der Waals surface area contributed by atoms with Crippen molar-refractivity contribution in [1.29, 1.82) is 0 Å². The maximum atomic E-state index is 12.7. The maximum absolute atomic E-state index is 12.7. The zero-order valence-electron chi connectivity index (χ0n) is 13.1. The first kappa shape index (κ1) is 17.0. The molecule has 5 nitrogen and oxygen atoms in total. The van der Waals surface area contributed by atoms with Crippen molar-refractivity contribution in [2.75, 3.05) is 26.2 Å². The van der Waals surface area contributed by atoms with Crippen molar-refractivity contribution in [3.05, 3.63) is 45.7 Å². The van der Waals surface area contributed by atoms with Crippen molar-refractivity contribution in [2.24, 2.45) is 5.73 Å². The lowest BCUT2D eigenvalue weighted by Gasteiger charge is -2.20. The van der Waals surface area contributed by atoms with Gasteiger partial charge in [-0.1, -0.05) is 28.1 Å². The van der Waals surface area contributed by atoms with Crippen LogP contribution in [-0.4, -0.2) is 47.9 Å². The number of amides is 3.